The molecule has 0 amide bonds. The molecular formula is C22H18N6O2S. The Morgan fingerprint density at radius 1 is 1.13 bits per heavy atom. The van der Waals surface area contributed by atoms with Crippen LogP contribution in [-0.2, 0) is 0 Å². The van der Waals surface area contributed by atoms with Gasteiger partial charge in [-0.2, -0.15) is 10.5 Å². The minimum atomic E-state index is -0.268. The monoisotopic (exact) mass is 430 g/mol. The minimum absolute atomic E-state index is 0.193. The molecule has 0 fully saturated rings. The van der Waals surface area contributed by atoms with Gasteiger partial charge in [-0.1, -0.05) is 23.9 Å². The number of para-hydroxylation sites is 1. The molecule has 4 aromatic rings. The van der Waals surface area contributed by atoms with E-state index in [0.717, 1.165) is 0 Å². The zero-order valence-electron chi connectivity index (χ0n) is 16.7. The van der Waals surface area contributed by atoms with Crippen molar-refractivity contribution >= 4 is 28.4 Å². The molecule has 0 bridgehead atoms. The first-order valence-corrected chi connectivity index (χ1v) is 10.6. The summed E-state index contributed by atoms with van der Waals surface area (Å²) in [7, 11) is 1.59. The number of nitrogens with zero attached hydrogens (tertiary/aromatic N) is 6. The summed E-state index contributed by atoms with van der Waals surface area (Å²) in [6, 6.07) is 18.8. The van der Waals surface area contributed by atoms with Crippen molar-refractivity contribution in [1.82, 2.24) is 19.2 Å². The van der Waals surface area contributed by atoms with Gasteiger partial charge in [0, 0.05) is 12.2 Å². The second-order valence-electron chi connectivity index (χ2n) is 6.81. The Labute approximate surface area is 182 Å². The van der Waals surface area contributed by atoms with E-state index in [1.54, 1.807) is 37.4 Å². The molecule has 2 aromatic heterocycles. The number of rotatable bonds is 7. The highest BCUT2D eigenvalue weighted by Gasteiger charge is 2.19. The average Bonchev–Trinajstić information content (AvgIpc) is 3.23. The van der Waals surface area contributed by atoms with Gasteiger partial charge in [0.2, 0.25) is 5.78 Å². The van der Waals surface area contributed by atoms with E-state index in [-0.39, 0.29) is 11.5 Å². The average molecular weight is 430 g/mol. The van der Waals surface area contributed by atoms with Crippen molar-refractivity contribution in [1.29, 1.82) is 10.5 Å². The molecule has 0 aliphatic carbocycles. The second kappa shape index (κ2) is 8.90. The topological polar surface area (TPSA) is 109 Å². The van der Waals surface area contributed by atoms with Crippen LogP contribution < -0.4 is 10.3 Å². The Hall–Kier alpha value is -3.82. The molecular weight excluding hydrogens is 412 g/mol. The molecule has 2 aromatic carbocycles. The van der Waals surface area contributed by atoms with E-state index in [9.17, 15) is 10.1 Å². The highest BCUT2D eigenvalue weighted by Crippen LogP contribution is 2.26. The van der Waals surface area contributed by atoms with Crippen LogP contribution >= 0.6 is 11.8 Å². The van der Waals surface area contributed by atoms with E-state index in [4.69, 9.17) is 10.00 Å². The summed E-state index contributed by atoms with van der Waals surface area (Å²) in [5.41, 5.74) is 1.15. The van der Waals surface area contributed by atoms with Gasteiger partial charge in [0.25, 0.3) is 5.56 Å². The maximum atomic E-state index is 13.3. The zero-order chi connectivity index (χ0) is 21.8. The van der Waals surface area contributed by atoms with Crippen molar-refractivity contribution in [3.05, 3.63) is 58.9 Å². The minimum Gasteiger partial charge on any atom is -0.497 e. The van der Waals surface area contributed by atoms with E-state index in [1.165, 1.54) is 16.3 Å². The number of methoxy groups -OCH3 is 1. The quantitative estimate of drug-likeness (QED) is 0.412. The number of thioether (sulfide) groups is 1. The predicted octanol–water partition coefficient (Wildman–Crippen LogP) is 3.58. The molecule has 0 saturated carbocycles. The maximum Gasteiger partial charge on any atom is 0.267 e. The normalized spacial score (nSPS) is 11.8. The molecule has 0 radical (unpaired) electrons. The molecule has 1 atom stereocenters. The van der Waals surface area contributed by atoms with E-state index >= 15 is 0 Å². The van der Waals surface area contributed by atoms with Crippen molar-refractivity contribution in [3.8, 4) is 23.6 Å². The van der Waals surface area contributed by atoms with Crippen LogP contribution in [0, 0.1) is 28.6 Å². The van der Waals surface area contributed by atoms with E-state index in [2.05, 4.69) is 22.3 Å². The molecule has 0 aliphatic rings. The third kappa shape index (κ3) is 3.83. The Bertz CT molecular complexity index is 1380. The van der Waals surface area contributed by atoms with Crippen LogP contribution in [0.5, 0.6) is 5.75 Å². The molecule has 0 N–H and O–H groups in total. The highest BCUT2D eigenvalue weighted by molar-refractivity contribution is 7.99. The lowest BCUT2D eigenvalue weighted by Crippen LogP contribution is -2.21. The summed E-state index contributed by atoms with van der Waals surface area (Å²) in [4.78, 5) is 13.3. The maximum absolute atomic E-state index is 13.3. The number of nitriles is 2. The number of ether oxygens (including phenoxy) is 1. The van der Waals surface area contributed by atoms with Crippen molar-refractivity contribution < 1.29 is 4.74 Å². The summed E-state index contributed by atoms with van der Waals surface area (Å²) < 4.78 is 8.58. The van der Waals surface area contributed by atoms with Gasteiger partial charge in [0.15, 0.2) is 5.16 Å². The lowest BCUT2D eigenvalue weighted by Gasteiger charge is -2.12. The number of hydrogen-bond acceptors (Lipinski definition) is 7. The van der Waals surface area contributed by atoms with Gasteiger partial charge in [-0.05, 0) is 42.8 Å². The molecule has 8 nitrogen and oxygen atoms in total. The van der Waals surface area contributed by atoms with Crippen molar-refractivity contribution in [3.63, 3.8) is 0 Å². The van der Waals surface area contributed by atoms with Crippen LogP contribution in [0.1, 0.15) is 12.8 Å². The van der Waals surface area contributed by atoms with Crippen LogP contribution in [0.25, 0.3) is 22.4 Å². The fourth-order valence-corrected chi connectivity index (χ4v) is 4.33. The smallest absolute Gasteiger partial charge is 0.267 e. The van der Waals surface area contributed by atoms with Crippen LogP contribution in [0.2, 0.25) is 0 Å². The van der Waals surface area contributed by atoms with Crippen LogP contribution in [0.4, 0.5) is 0 Å². The standard InChI is InChI=1S/C22H18N6O2S/c1-30-17-10-8-16(9-11-17)27-20(29)18-6-2-3-7-19(18)28-21(27)25-26-22(28)31-14-15(13-24)5-4-12-23/h2-3,6-11,15H,4-5,14H2,1H3. The van der Waals surface area contributed by atoms with Crippen molar-refractivity contribution in [2.45, 2.75) is 18.0 Å². The number of benzene rings is 2. The Morgan fingerprint density at radius 3 is 2.61 bits per heavy atom. The van der Waals surface area contributed by atoms with Crippen LogP contribution in [-0.4, -0.2) is 32.0 Å². The molecule has 9 heteroatoms. The molecule has 4 rings (SSSR count). The van der Waals surface area contributed by atoms with Crippen LogP contribution in [0.3, 0.4) is 0 Å². The van der Waals surface area contributed by atoms with Gasteiger partial charge < -0.3 is 4.74 Å². The third-order valence-corrected chi connectivity index (χ3v) is 6.02. The van der Waals surface area contributed by atoms with Gasteiger partial charge >= 0.3 is 0 Å². The number of fused-ring (bicyclic) bond motifs is 3. The Kier molecular flexibility index (Phi) is 5.87. The summed E-state index contributed by atoms with van der Waals surface area (Å²) in [5.74, 6) is 1.29. The van der Waals surface area contributed by atoms with Crippen LogP contribution in [0.15, 0.2) is 58.5 Å². The third-order valence-electron chi connectivity index (χ3n) is 4.93. The lowest BCUT2D eigenvalue weighted by atomic mass is 10.1. The zero-order valence-corrected chi connectivity index (χ0v) is 17.5. The predicted molar refractivity (Wildman–Crippen MR) is 117 cm³/mol. The molecule has 1 unspecified atom stereocenters. The number of hydrogen-bond donors (Lipinski definition) is 0. The second-order valence-corrected chi connectivity index (χ2v) is 7.79. The first-order chi connectivity index (χ1) is 15.2. The fraction of sp³-hybridized carbons (Fsp3) is 0.227. The van der Waals surface area contributed by atoms with Crippen molar-refractivity contribution in [2.75, 3.05) is 12.9 Å². The molecule has 0 aliphatic heterocycles. The summed E-state index contributed by atoms with van der Waals surface area (Å²) >= 11 is 1.39. The van der Waals surface area contributed by atoms with Gasteiger partial charge in [-0.3, -0.25) is 9.20 Å². The molecule has 0 saturated heterocycles. The van der Waals surface area contributed by atoms with E-state index < -0.39 is 0 Å². The highest BCUT2D eigenvalue weighted by atomic mass is 32.2. The Balaban J connectivity index is 1.86. The summed E-state index contributed by atoms with van der Waals surface area (Å²) in [6.07, 6.45) is 0.841. The van der Waals surface area contributed by atoms with Gasteiger partial charge in [0.1, 0.15) is 5.75 Å². The van der Waals surface area contributed by atoms with Gasteiger partial charge in [0.05, 0.1) is 41.8 Å². The Morgan fingerprint density at radius 2 is 1.90 bits per heavy atom. The summed E-state index contributed by atoms with van der Waals surface area (Å²) in [5, 5.41) is 27.9. The first-order valence-electron chi connectivity index (χ1n) is 9.60. The van der Waals surface area contributed by atoms with Crippen molar-refractivity contribution in [2.24, 2.45) is 5.92 Å². The largest absolute Gasteiger partial charge is 0.497 e. The van der Waals surface area contributed by atoms with Gasteiger partial charge in [-0.25, -0.2) is 4.57 Å². The summed E-state index contributed by atoms with van der Waals surface area (Å²) in [6.45, 7) is 0. The molecule has 0 spiro atoms. The van der Waals surface area contributed by atoms with E-state index in [0.29, 0.717) is 51.9 Å². The SMILES string of the molecule is COc1ccc(-n2c(=O)c3ccccc3n3c(SCC(C#N)CCC#N)nnc23)cc1. The first kappa shape index (κ1) is 20.5. The molecule has 2 heterocycles. The lowest BCUT2D eigenvalue weighted by molar-refractivity contribution is 0.414. The van der Waals surface area contributed by atoms with E-state index in [1.807, 2.05) is 22.6 Å². The molecule has 154 valence electrons. The molecule has 31 heavy (non-hydrogen) atoms. The van der Waals surface area contributed by atoms with Gasteiger partial charge in [-0.15, -0.1) is 10.2 Å². The number of aromatic nitrogens is 4. The fourth-order valence-electron chi connectivity index (χ4n) is 3.34.